The molecule has 30 heavy (non-hydrogen) atoms. The van der Waals surface area contributed by atoms with Crippen LogP contribution in [0, 0.1) is 0 Å². The fraction of sp³-hybridized carbons (Fsp3) is 0.450. The smallest absolute Gasteiger partial charge is 0.411 e. The minimum Gasteiger partial charge on any atom is -0.465 e. The van der Waals surface area contributed by atoms with Gasteiger partial charge in [0.15, 0.2) is 0 Å². The van der Waals surface area contributed by atoms with Gasteiger partial charge in [0, 0.05) is 24.7 Å². The Hall–Kier alpha value is -3.04. The summed E-state index contributed by atoms with van der Waals surface area (Å²) >= 11 is 0. The van der Waals surface area contributed by atoms with Crippen molar-refractivity contribution in [3.8, 4) is 11.1 Å². The molecule has 7 nitrogen and oxygen atoms in total. The predicted octanol–water partition coefficient (Wildman–Crippen LogP) is 4.45. The number of carbonyl (C=O) groups excluding carboxylic acids is 1. The van der Waals surface area contributed by atoms with E-state index in [1.165, 1.54) is 4.90 Å². The van der Waals surface area contributed by atoms with Crippen molar-refractivity contribution >= 4 is 23.4 Å². The number of anilines is 2. The summed E-state index contributed by atoms with van der Waals surface area (Å²) in [6, 6.07) is 4.78. The Morgan fingerprint density at radius 2 is 1.93 bits per heavy atom. The lowest BCUT2D eigenvalue weighted by atomic mass is 10.0. The zero-order chi connectivity index (χ0) is 21.6. The fourth-order valence-electron chi connectivity index (χ4n) is 3.76. The van der Waals surface area contributed by atoms with Crippen LogP contribution in [-0.2, 0) is 4.79 Å². The average Bonchev–Trinajstić information content (AvgIpc) is 3.41. The van der Waals surface area contributed by atoms with E-state index >= 15 is 0 Å². The number of hydrogen-bond acceptors (Lipinski definition) is 3. The lowest BCUT2D eigenvalue weighted by Gasteiger charge is -2.40. The van der Waals surface area contributed by atoms with Crippen LogP contribution in [0.1, 0.15) is 38.6 Å². The van der Waals surface area contributed by atoms with Crippen LogP contribution in [0.4, 0.5) is 29.3 Å². The maximum absolute atomic E-state index is 12.6. The standard InChI is InChI=1S/C20H21F3N4O3/c1-12-10-25(19(29)30)17-8-13(14-9-24-26(11-14)15-3-4-15)2-5-16(17)27(12)18(28)6-7-20(21,22)23/h2,5,8-9,11-12,15H,3-4,6-7,10H2,1H3,(H,29,30)/t12-/m0/s1. The van der Waals surface area contributed by atoms with Gasteiger partial charge in [-0.1, -0.05) is 6.07 Å². The molecule has 1 atom stereocenters. The van der Waals surface area contributed by atoms with E-state index in [0.717, 1.165) is 28.9 Å². The summed E-state index contributed by atoms with van der Waals surface area (Å²) in [5, 5.41) is 14.0. The number of rotatable bonds is 4. The number of halogens is 3. The minimum atomic E-state index is -4.43. The van der Waals surface area contributed by atoms with E-state index < -0.39 is 37.1 Å². The SMILES string of the molecule is C[C@H]1CN(C(=O)O)c2cc(-c3cnn(C4CC4)c3)ccc2N1C(=O)CCC(F)(F)F. The number of hydrogen-bond donors (Lipinski definition) is 1. The molecule has 1 aliphatic carbocycles. The van der Waals surface area contributed by atoms with Gasteiger partial charge in [-0.15, -0.1) is 0 Å². The highest BCUT2D eigenvalue weighted by atomic mass is 19.4. The van der Waals surface area contributed by atoms with E-state index in [1.807, 2.05) is 10.9 Å². The zero-order valence-electron chi connectivity index (χ0n) is 16.3. The molecule has 0 bridgehead atoms. The van der Waals surface area contributed by atoms with Crippen molar-refractivity contribution < 1.29 is 27.9 Å². The predicted molar refractivity (Wildman–Crippen MR) is 104 cm³/mol. The summed E-state index contributed by atoms with van der Waals surface area (Å²) in [4.78, 5) is 26.8. The van der Waals surface area contributed by atoms with E-state index in [1.54, 1.807) is 31.3 Å². The summed E-state index contributed by atoms with van der Waals surface area (Å²) in [5.41, 5.74) is 2.10. The Bertz CT molecular complexity index is 984. The molecular weight excluding hydrogens is 401 g/mol. The van der Waals surface area contributed by atoms with E-state index in [-0.39, 0.29) is 12.2 Å². The van der Waals surface area contributed by atoms with Gasteiger partial charge in [-0.25, -0.2) is 4.79 Å². The molecule has 1 aliphatic heterocycles. The highest BCUT2D eigenvalue weighted by Crippen LogP contribution is 2.40. The lowest BCUT2D eigenvalue weighted by Crippen LogP contribution is -2.51. The summed E-state index contributed by atoms with van der Waals surface area (Å²) in [6.45, 7) is 1.60. The van der Waals surface area contributed by atoms with Gasteiger partial charge in [-0.2, -0.15) is 18.3 Å². The summed E-state index contributed by atoms with van der Waals surface area (Å²) in [5.74, 6) is -0.680. The first-order chi connectivity index (χ1) is 14.1. The molecule has 2 amide bonds. The molecule has 1 fully saturated rings. The Kier molecular flexibility index (Phi) is 4.95. The van der Waals surface area contributed by atoms with E-state index in [9.17, 15) is 27.9 Å². The van der Waals surface area contributed by atoms with Crippen LogP contribution < -0.4 is 9.80 Å². The van der Waals surface area contributed by atoms with E-state index in [2.05, 4.69) is 5.10 Å². The molecule has 1 aromatic heterocycles. The number of alkyl halides is 3. The number of carboxylic acid groups (broad SMARTS) is 1. The quantitative estimate of drug-likeness (QED) is 0.790. The zero-order valence-corrected chi connectivity index (χ0v) is 16.3. The number of carbonyl (C=O) groups is 2. The van der Waals surface area contributed by atoms with Crippen LogP contribution in [-0.4, -0.2) is 45.7 Å². The normalized spacial score (nSPS) is 19.0. The van der Waals surface area contributed by atoms with Gasteiger partial charge >= 0.3 is 12.3 Å². The molecule has 2 heterocycles. The molecule has 0 radical (unpaired) electrons. The highest BCUT2D eigenvalue weighted by molar-refractivity contribution is 6.03. The van der Waals surface area contributed by atoms with Crippen molar-refractivity contribution in [1.29, 1.82) is 0 Å². The molecule has 0 saturated heterocycles. The molecule has 1 aromatic carbocycles. The van der Waals surface area contributed by atoms with Gasteiger partial charge in [0.25, 0.3) is 0 Å². The van der Waals surface area contributed by atoms with Gasteiger partial charge in [0.05, 0.1) is 36.1 Å². The number of nitrogens with zero attached hydrogens (tertiary/aromatic N) is 4. The second-order valence-electron chi connectivity index (χ2n) is 7.76. The molecule has 160 valence electrons. The monoisotopic (exact) mass is 422 g/mol. The van der Waals surface area contributed by atoms with Gasteiger partial charge in [-0.3, -0.25) is 14.4 Å². The van der Waals surface area contributed by atoms with Crippen LogP contribution in [0.2, 0.25) is 0 Å². The first kappa shape index (κ1) is 20.2. The minimum absolute atomic E-state index is 0.0229. The molecule has 4 rings (SSSR count). The molecule has 2 aliphatic rings. The second kappa shape index (κ2) is 7.33. The first-order valence-electron chi connectivity index (χ1n) is 9.72. The van der Waals surface area contributed by atoms with Crippen molar-refractivity contribution in [1.82, 2.24) is 9.78 Å². The topological polar surface area (TPSA) is 78.7 Å². The Labute approximate surface area is 170 Å². The van der Waals surface area contributed by atoms with Crippen molar-refractivity contribution in [2.24, 2.45) is 0 Å². The van der Waals surface area contributed by atoms with Gasteiger partial charge in [0.2, 0.25) is 5.91 Å². The summed E-state index contributed by atoms with van der Waals surface area (Å²) < 4.78 is 39.6. The third-order valence-electron chi connectivity index (χ3n) is 5.39. The Balaban J connectivity index is 1.68. The molecule has 1 saturated carbocycles. The van der Waals surface area contributed by atoms with E-state index in [0.29, 0.717) is 11.7 Å². The van der Waals surface area contributed by atoms with Crippen molar-refractivity contribution in [3.63, 3.8) is 0 Å². The summed E-state index contributed by atoms with van der Waals surface area (Å²) in [7, 11) is 0. The Morgan fingerprint density at radius 3 is 2.57 bits per heavy atom. The third kappa shape index (κ3) is 3.99. The van der Waals surface area contributed by atoms with E-state index in [4.69, 9.17) is 0 Å². The van der Waals surface area contributed by atoms with Crippen LogP contribution >= 0.6 is 0 Å². The molecule has 0 unspecified atom stereocenters. The maximum atomic E-state index is 12.6. The maximum Gasteiger partial charge on any atom is 0.411 e. The average molecular weight is 422 g/mol. The van der Waals surface area contributed by atoms with Crippen molar-refractivity contribution in [2.45, 2.75) is 50.9 Å². The van der Waals surface area contributed by atoms with Gasteiger partial charge in [0.1, 0.15) is 0 Å². The molecule has 2 aromatic rings. The van der Waals surface area contributed by atoms with Crippen LogP contribution in [0.25, 0.3) is 11.1 Å². The fourth-order valence-corrected chi connectivity index (χ4v) is 3.76. The first-order valence-corrected chi connectivity index (χ1v) is 9.72. The Morgan fingerprint density at radius 1 is 1.20 bits per heavy atom. The second-order valence-corrected chi connectivity index (χ2v) is 7.76. The largest absolute Gasteiger partial charge is 0.465 e. The lowest BCUT2D eigenvalue weighted by molar-refractivity contribution is -0.143. The number of benzene rings is 1. The summed E-state index contributed by atoms with van der Waals surface area (Å²) in [6.07, 6.45) is -1.78. The van der Waals surface area contributed by atoms with Gasteiger partial charge < -0.3 is 10.0 Å². The third-order valence-corrected chi connectivity index (χ3v) is 5.39. The molecule has 10 heteroatoms. The number of amides is 2. The molecule has 0 spiro atoms. The molecular formula is C20H21F3N4O3. The van der Waals surface area contributed by atoms with Crippen molar-refractivity contribution in [2.75, 3.05) is 16.3 Å². The number of fused-ring (bicyclic) bond motifs is 1. The molecule has 1 N–H and O–H groups in total. The van der Waals surface area contributed by atoms with Crippen LogP contribution in [0.15, 0.2) is 30.6 Å². The van der Waals surface area contributed by atoms with Crippen LogP contribution in [0.3, 0.4) is 0 Å². The number of aromatic nitrogens is 2. The highest BCUT2D eigenvalue weighted by Gasteiger charge is 2.37. The van der Waals surface area contributed by atoms with Crippen molar-refractivity contribution in [3.05, 3.63) is 30.6 Å². The van der Waals surface area contributed by atoms with Crippen LogP contribution in [0.5, 0.6) is 0 Å². The van der Waals surface area contributed by atoms with Gasteiger partial charge in [-0.05, 0) is 37.5 Å².